The average molecular weight is 451 g/mol. The van der Waals surface area contributed by atoms with Crippen LogP contribution in [-0.4, -0.2) is 62.6 Å². The Balaban J connectivity index is 1.47. The quantitative estimate of drug-likeness (QED) is 0.482. The molecule has 0 saturated carbocycles. The van der Waals surface area contributed by atoms with Crippen LogP contribution in [0.5, 0.6) is 0 Å². The van der Waals surface area contributed by atoms with Crippen molar-refractivity contribution in [3.05, 3.63) is 59.4 Å². The van der Waals surface area contributed by atoms with Crippen molar-refractivity contribution in [1.82, 2.24) is 19.8 Å². The van der Waals surface area contributed by atoms with Gasteiger partial charge in [0.15, 0.2) is 12.0 Å². The van der Waals surface area contributed by atoms with Crippen LogP contribution < -0.4 is 0 Å². The smallest absolute Gasteiger partial charge is 0.407 e. The number of pyridine rings is 1. The number of aromatic nitrogens is 2. The van der Waals surface area contributed by atoms with E-state index in [0.717, 1.165) is 16.5 Å². The van der Waals surface area contributed by atoms with E-state index >= 15 is 0 Å². The molecule has 2 amide bonds. The Morgan fingerprint density at radius 1 is 1.12 bits per heavy atom. The molecule has 3 heterocycles. The van der Waals surface area contributed by atoms with E-state index in [1.807, 2.05) is 18.2 Å². The van der Waals surface area contributed by atoms with E-state index in [1.54, 1.807) is 36.1 Å². The molecule has 2 aromatic heterocycles. The van der Waals surface area contributed by atoms with Gasteiger partial charge in [0.25, 0.3) is 5.91 Å². The zero-order valence-corrected chi connectivity index (χ0v) is 17.9. The first kappa shape index (κ1) is 20.3. The summed E-state index contributed by atoms with van der Waals surface area (Å²) in [7, 11) is 0. The van der Waals surface area contributed by atoms with E-state index in [-0.39, 0.29) is 18.5 Å². The van der Waals surface area contributed by atoms with Crippen LogP contribution in [-0.2, 0) is 0 Å². The number of carbonyl (C=O) groups excluding carboxylic acids is 1. The van der Waals surface area contributed by atoms with Gasteiger partial charge in [-0.15, -0.1) is 0 Å². The number of fused-ring (bicyclic) bond motifs is 2. The molecule has 0 spiro atoms. The fraction of sp³-hybridized carbons (Fsp3) is 0.217. The van der Waals surface area contributed by atoms with E-state index in [2.05, 4.69) is 4.98 Å². The summed E-state index contributed by atoms with van der Waals surface area (Å²) in [6.07, 6.45) is 0.426. The Bertz CT molecular complexity index is 1370. The van der Waals surface area contributed by atoms with Crippen molar-refractivity contribution in [3.8, 4) is 11.3 Å². The van der Waals surface area contributed by atoms with Crippen LogP contribution in [0.4, 0.5) is 4.79 Å². The highest BCUT2D eigenvalue weighted by Crippen LogP contribution is 2.30. The van der Waals surface area contributed by atoms with Gasteiger partial charge >= 0.3 is 6.09 Å². The number of carboxylic acid groups (broad SMARTS) is 1. The average Bonchev–Trinajstić information content (AvgIpc) is 3.25. The van der Waals surface area contributed by atoms with E-state index in [0.29, 0.717) is 40.5 Å². The van der Waals surface area contributed by atoms with Crippen molar-refractivity contribution in [2.45, 2.75) is 13.0 Å². The van der Waals surface area contributed by atoms with Gasteiger partial charge < -0.3 is 19.3 Å². The molecule has 5 rings (SSSR count). The van der Waals surface area contributed by atoms with Crippen LogP contribution in [0.2, 0.25) is 5.02 Å². The second kappa shape index (κ2) is 7.80. The fourth-order valence-corrected chi connectivity index (χ4v) is 4.36. The van der Waals surface area contributed by atoms with Crippen molar-refractivity contribution in [2.24, 2.45) is 0 Å². The minimum atomic E-state index is -0.967. The maximum absolute atomic E-state index is 13.1. The van der Waals surface area contributed by atoms with Gasteiger partial charge in [-0.25, -0.2) is 14.8 Å². The van der Waals surface area contributed by atoms with Crippen molar-refractivity contribution in [3.63, 3.8) is 0 Å². The van der Waals surface area contributed by atoms with Crippen LogP contribution in [0, 0.1) is 0 Å². The number of rotatable bonds is 2. The number of piperazine rings is 1. The summed E-state index contributed by atoms with van der Waals surface area (Å²) in [4.78, 5) is 36.3. The second-order valence-electron chi connectivity index (χ2n) is 7.83. The molecule has 0 unspecified atom stereocenters. The highest BCUT2D eigenvalue weighted by atomic mass is 35.5. The number of hydrogen-bond acceptors (Lipinski definition) is 5. The molecule has 1 fully saturated rings. The van der Waals surface area contributed by atoms with Gasteiger partial charge in [0.1, 0.15) is 5.52 Å². The molecule has 9 heteroatoms. The Morgan fingerprint density at radius 3 is 2.75 bits per heavy atom. The van der Waals surface area contributed by atoms with Crippen molar-refractivity contribution in [1.29, 1.82) is 0 Å². The van der Waals surface area contributed by atoms with Crippen LogP contribution in [0.1, 0.15) is 17.3 Å². The molecule has 0 bridgehead atoms. The summed E-state index contributed by atoms with van der Waals surface area (Å²) in [5.41, 5.74) is 4.01. The summed E-state index contributed by atoms with van der Waals surface area (Å²) in [6, 6.07) is 12.4. The molecule has 1 N–H and O–H groups in total. The standard InChI is InChI=1S/C23H19ClN4O4/c1-13-11-27(6-7-28(13)23(30)31)22(29)15-2-4-16-17(24)10-18(26-19(16)9-15)14-3-5-21-20(8-14)25-12-32-21/h2-5,8-10,12-13H,6-7,11H2,1H3,(H,30,31)/t13-/m1/s1. The molecule has 1 saturated heterocycles. The van der Waals surface area contributed by atoms with Crippen molar-refractivity contribution >= 4 is 45.6 Å². The summed E-state index contributed by atoms with van der Waals surface area (Å²) < 4.78 is 5.29. The lowest BCUT2D eigenvalue weighted by Gasteiger charge is -2.38. The summed E-state index contributed by atoms with van der Waals surface area (Å²) in [5, 5.41) is 10.5. The maximum atomic E-state index is 13.1. The van der Waals surface area contributed by atoms with E-state index in [1.165, 1.54) is 11.3 Å². The Morgan fingerprint density at radius 2 is 1.97 bits per heavy atom. The molecule has 1 atom stereocenters. The fourth-order valence-electron chi connectivity index (χ4n) is 4.09. The number of carbonyl (C=O) groups is 2. The van der Waals surface area contributed by atoms with Gasteiger partial charge in [-0.1, -0.05) is 17.7 Å². The van der Waals surface area contributed by atoms with Gasteiger partial charge in [0.2, 0.25) is 0 Å². The topological polar surface area (TPSA) is 99.8 Å². The predicted octanol–water partition coefficient (Wildman–Crippen LogP) is 4.52. The lowest BCUT2D eigenvalue weighted by molar-refractivity contribution is 0.0507. The highest BCUT2D eigenvalue weighted by Gasteiger charge is 2.30. The van der Waals surface area contributed by atoms with Crippen LogP contribution in [0.15, 0.2) is 53.3 Å². The first-order valence-corrected chi connectivity index (χ1v) is 10.5. The molecule has 0 aliphatic carbocycles. The van der Waals surface area contributed by atoms with Crippen LogP contribution >= 0.6 is 11.6 Å². The molecule has 8 nitrogen and oxygen atoms in total. The Kier molecular flexibility index (Phi) is 4.94. The summed E-state index contributed by atoms with van der Waals surface area (Å²) in [6.45, 7) is 2.77. The molecule has 1 aliphatic heterocycles. The first-order chi connectivity index (χ1) is 15.4. The maximum Gasteiger partial charge on any atom is 0.407 e. The zero-order chi connectivity index (χ0) is 22.4. The largest absolute Gasteiger partial charge is 0.465 e. The number of oxazole rings is 1. The molecular formula is C23H19ClN4O4. The number of amides is 2. The minimum Gasteiger partial charge on any atom is -0.465 e. The van der Waals surface area contributed by atoms with Gasteiger partial charge in [-0.05, 0) is 43.3 Å². The lowest BCUT2D eigenvalue weighted by Crippen LogP contribution is -2.55. The number of hydrogen-bond donors (Lipinski definition) is 1. The highest BCUT2D eigenvalue weighted by molar-refractivity contribution is 6.35. The van der Waals surface area contributed by atoms with E-state index < -0.39 is 6.09 Å². The second-order valence-corrected chi connectivity index (χ2v) is 8.24. The zero-order valence-electron chi connectivity index (χ0n) is 17.2. The minimum absolute atomic E-state index is 0.156. The van der Waals surface area contributed by atoms with Crippen molar-refractivity contribution in [2.75, 3.05) is 19.6 Å². The predicted molar refractivity (Wildman–Crippen MR) is 120 cm³/mol. The third-order valence-electron chi connectivity index (χ3n) is 5.79. The monoisotopic (exact) mass is 450 g/mol. The SMILES string of the molecule is C[C@@H]1CN(C(=O)c2ccc3c(Cl)cc(-c4ccc5ocnc5c4)nc3c2)CCN1C(=O)O. The molecule has 2 aromatic carbocycles. The van der Waals surface area contributed by atoms with Crippen LogP contribution in [0.3, 0.4) is 0 Å². The molecule has 162 valence electrons. The first-order valence-electron chi connectivity index (χ1n) is 10.1. The van der Waals surface area contributed by atoms with Gasteiger partial charge in [0, 0.05) is 42.2 Å². The number of nitrogens with zero attached hydrogens (tertiary/aromatic N) is 4. The van der Waals surface area contributed by atoms with E-state index in [9.17, 15) is 14.7 Å². The summed E-state index contributed by atoms with van der Waals surface area (Å²) in [5.74, 6) is -0.156. The normalized spacial score (nSPS) is 16.6. The molecule has 1 aliphatic rings. The summed E-state index contributed by atoms with van der Waals surface area (Å²) >= 11 is 6.52. The molecule has 32 heavy (non-hydrogen) atoms. The van der Waals surface area contributed by atoms with Crippen molar-refractivity contribution < 1.29 is 19.1 Å². The van der Waals surface area contributed by atoms with Gasteiger partial charge in [-0.2, -0.15) is 0 Å². The van der Waals surface area contributed by atoms with Gasteiger partial charge in [0.05, 0.1) is 16.2 Å². The molecular weight excluding hydrogens is 432 g/mol. The third kappa shape index (κ3) is 3.52. The molecule has 0 radical (unpaired) electrons. The Hall–Kier alpha value is -3.65. The Labute approximate surface area is 188 Å². The number of halogens is 1. The van der Waals surface area contributed by atoms with Crippen LogP contribution in [0.25, 0.3) is 33.3 Å². The number of benzene rings is 2. The van der Waals surface area contributed by atoms with E-state index in [4.69, 9.17) is 21.0 Å². The molecule has 4 aromatic rings. The third-order valence-corrected chi connectivity index (χ3v) is 6.11. The lowest BCUT2D eigenvalue weighted by atomic mass is 10.1. The van der Waals surface area contributed by atoms with Gasteiger partial charge in [-0.3, -0.25) is 4.79 Å².